The fourth-order valence-electron chi connectivity index (χ4n) is 1.87. The number of hydrogen-bond acceptors (Lipinski definition) is 3. The lowest BCUT2D eigenvalue weighted by Crippen LogP contribution is -2.37. The summed E-state index contributed by atoms with van der Waals surface area (Å²) in [5.41, 5.74) is 7.13. The molecule has 1 aromatic heterocycles. The second-order valence-electron chi connectivity index (χ2n) is 4.63. The van der Waals surface area contributed by atoms with E-state index in [4.69, 9.17) is 5.73 Å². The molecule has 3 N–H and O–H groups in total. The van der Waals surface area contributed by atoms with Crippen molar-refractivity contribution in [2.45, 2.75) is 25.4 Å². The molecule has 1 atom stereocenters. The number of carbonyl (C=O) groups excluding carboxylic acids is 1. The van der Waals surface area contributed by atoms with Crippen molar-refractivity contribution in [1.82, 2.24) is 9.78 Å². The van der Waals surface area contributed by atoms with Gasteiger partial charge in [-0.15, -0.1) is 0 Å². The van der Waals surface area contributed by atoms with Gasteiger partial charge in [-0.25, -0.2) is 8.78 Å². The average molecular weight is 294 g/mol. The number of carbonyl (C=O) groups is 1. The van der Waals surface area contributed by atoms with Crippen LogP contribution in [0.3, 0.4) is 0 Å². The average Bonchev–Trinajstić information content (AvgIpc) is 2.86. The third-order valence-electron chi connectivity index (χ3n) is 2.86. The smallest absolute Gasteiger partial charge is 0.257 e. The topological polar surface area (TPSA) is 72.9 Å². The van der Waals surface area contributed by atoms with Crippen molar-refractivity contribution in [3.63, 3.8) is 0 Å². The zero-order chi connectivity index (χ0) is 15.2. The second-order valence-corrected chi connectivity index (χ2v) is 4.63. The van der Waals surface area contributed by atoms with Crippen molar-refractivity contribution in [2.24, 2.45) is 5.73 Å². The zero-order valence-corrected chi connectivity index (χ0v) is 11.2. The molecule has 1 amide bonds. The largest absolute Gasteiger partial charge is 0.322 e. The predicted octanol–water partition coefficient (Wildman–Crippen LogP) is 1.66. The molecule has 112 valence electrons. The summed E-state index contributed by atoms with van der Waals surface area (Å²) in [7, 11) is 0. The fourth-order valence-corrected chi connectivity index (χ4v) is 1.87. The van der Waals surface area contributed by atoms with Gasteiger partial charge in [-0.3, -0.25) is 9.48 Å². The first-order valence-corrected chi connectivity index (χ1v) is 6.45. The molecule has 0 unspecified atom stereocenters. The molecule has 0 fully saturated rings. The summed E-state index contributed by atoms with van der Waals surface area (Å²) in [5, 5.41) is 6.30. The molecule has 1 aromatic carbocycles. The summed E-state index contributed by atoms with van der Waals surface area (Å²) in [5.74, 6) is -0.379. The normalized spacial score (nSPS) is 12.4. The van der Waals surface area contributed by atoms with E-state index in [0.717, 1.165) is 10.2 Å². The zero-order valence-electron chi connectivity index (χ0n) is 11.2. The van der Waals surface area contributed by atoms with Crippen LogP contribution >= 0.6 is 0 Å². The summed E-state index contributed by atoms with van der Waals surface area (Å²) in [6.07, 6.45) is 0.570. The molecule has 1 heterocycles. The van der Waals surface area contributed by atoms with Gasteiger partial charge in [0.05, 0.1) is 17.9 Å². The van der Waals surface area contributed by atoms with Crippen LogP contribution in [0.15, 0.2) is 42.7 Å². The van der Waals surface area contributed by atoms with Gasteiger partial charge < -0.3 is 11.1 Å². The van der Waals surface area contributed by atoms with Crippen molar-refractivity contribution >= 4 is 11.6 Å². The van der Waals surface area contributed by atoms with Crippen LogP contribution in [0.25, 0.3) is 0 Å². The highest BCUT2D eigenvalue weighted by Crippen LogP contribution is 2.08. The maximum Gasteiger partial charge on any atom is 0.257 e. The number of alkyl halides is 2. The van der Waals surface area contributed by atoms with Gasteiger partial charge >= 0.3 is 0 Å². The molecule has 0 saturated carbocycles. The number of aromatic nitrogens is 2. The Balaban J connectivity index is 1.90. The highest BCUT2D eigenvalue weighted by Gasteiger charge is 2.15. The molecular formula is C14H16F2N4O. The Morgan fingerprint density at radius 1 is 1.33 bits per heavy atom. The number of nitrogens with two attached hydrogens (primary N) is 1. The first-order valence-electron chi connectivity index (χ1n) is 6.45. The SMILES string of the molecule is N[C@@H](Cc1ccccc1)C(=O)Nc1cnn(CC(F)F)c1. The highest BCUT2D eigenvalue weighted by molar-refractivity contribution is 5.94. The monoisotopic (exact) mass is 294 g/mol. The Bertz CT molecular complexity index is 586. The number of halogens is 2. The maximum absolute atomic E-state index is 12.2. The van der Waals surface area contributed by atoms with E-state index in [0.29, 0.717) is 12.1 Å². The van der Waals surface area contributed by atoms with Crippen LogP contribution in [-0.4, -0.2) is 28.2 Å². The lowest BCUT2D eigenvalue weighted by molar-refractivity contribution is -0.117. The van der Waals surface area contributed by atoms with Gasteiger partial charge in [0.2, 0.25) is 5.91 Å². The molecule has 2 aromatic rings. The summed E-state index contributed by atoms with van der Waals surface area (Å²) in [4.78, 5) is 11.9. The summed E-state index contributed by atoms with van der Waals surface area (Å²) in [6.45, 7) is -0.508. The van der Waals surface area contributed by atoms with Crippen molar-refractivity contribution in [2.75, 3.05) is 5.32 Å². The van der Waals surface area contributed by atoms with Gasteiger partial charge in [0, 0.05) is 6.20 Å². The third-order valence-corrected chi connectivity index (χ3v) is 2.86. The van der Waals surface area contributed by atoms with Gasteiger partial charge in [0.15, 0.2) is 0 Å². The quantitative estimate of drug-likeness (QED) is 0.851. The summed E-state index contributed by atoms with van der Waals surface area (Å²) >= 11 is 0. The van der Waals surface area contributed by atoms with E-state index in [-0.39, 0.29) is 5.91 Å². The van der Waals surface area contributed by atoms with E-state index in [1.165, 1.54) is 12.4 Å². The number of hydrogen-bond donors (Lipinski definition) is 2. The molecular weight excluding hydrogens is 278 g/mol. The van der Waals surface area contributed by atoms with Crippen molar-refractivity contribution in [3.05, 3.63) is 48.3 Å². The number of nitrogens with zero attached hydrogens (tertiary/aromatic N) is 2. The Morgan fingerprint density at radius 3 is 2.71 bits per heavy atom. The molecule has 0 aliphatic carbocycles. The van der Waals surface area contributed by atoms with Gasteiger partial charge in [-0.2, -0.15) is 5.10 Å². The lowest BCUT2D eigenvalue weighted by atomic mass is 10.1. The van der Waals surface area contributed by atoms with Crippen LogP contribution in [0, 0.1) is 0 Å². The van der Waals surface area contributed by atoms with E-state index in [2.05, 4.69) is 10.4 Å². The maximum atomic E-state index is 12.2. The minimum absolute atomic E-state index is 0.351. The number of benzene rings is 1. The fraction of sp³-hybridized carbons (Fsp3) is 0.286. The van der Waals surface area contributed by atoms with Crippen LogP contribution in [0.5, 0.6) is 0 Å². The molecule has 0 bridgehead atoms. The van der Waals surface area contributed by atoms with E-state index in [1.54, 1.807) is 0 Å². The molecule has 0 radical (unpaired) electrons. The first kappa shape index (κ1) is 15.1. The van der Waals surface area contributed by atoms with Crippen LogP contribution in [0.1, 0.15) is 5.56 Å². The Labute approximate surface area is 120 Å². The van der Waals surface area contributed by atoms with Gasteiger partial charge in [-0.05, 0) is 12.0 Å². The molecule has 0 aliphatic rings. The Kier molecular flexibility index (Phi) is 4.99. The second kappa shape index (κ2) is 6.94. The minimum Gasteiger partial charge on any atom is -0.322 e. The molecule has 0 saturated heterocycles. The highest BCUT2D eigenvalue weighted by atomic mass is 19.3. The Morgan fingerprint density at radius 2 is 2.05 bits per heavy atom. The number of nitrogens with one attached hydrogen (secondary N) is 1. The van der Waals surface area contributed by atoms with Crippen molar-refractivity contribution in [1.29, 1.82) is 0 Å². The van der Waals surface area contributed by atoms with Gasteiger partial charge in [0.25, 0.3) is 6.43 Å². The molecule has 5 nitrogen and oxygen atoms in total. The molecule has 0 spiro atoms. The van der Waals surface area contributed by atoms with Crippen LogP contribution in [0.4, 0.5) is 14.5 Å². The van der Waals surface area contributed by atoms with Crippen molar-refractivity contribution < 1.29 is 13.6 Å². The van der Waals surface area contributed by atoms with E-state index in [9.17, 15) is 13.6 Å². The first-order chi connectivity index (χ1) is 10.0. The molecule has 21 heavy (non-hydrogen) atoms. The van der Waals surface area contributed by atoms with Gasteiger partial charge in [0.1, 0.15) is 6.54 Å². The van der Waals surface area contributed by atoms with E-state index < -0.39 is 19.0 Å². The molecule has 7 heteroatoms. The third kappa shape index (κ3) is 4.64. The summed E-state index contributed by atoms with van der Waals surface area (Å²) < 4.78 is 25.5. The predicted molar refractivity (Wildman–Crippen MR) is 75.0 cm³/mol. The Hall–Kier alpha value is -2.28. The van der Waals surface area contributed by atoms with Gasteiger partial charge in [-0.1, -0.05) is 30.3 Å². The van der Waals surface area contributed by atoms with Crippen LogP contribution < -0.4 is 11.1 Å². The standard InChI is InChI=1S/C14H16F2N4O/c15-13(16)9-20-8-11(7-18-20)19-14(21)12(17)6-10-4-2-1-3-5-10/h1-5,7-8,12-13H,6,9,17H2,(H,19,21)/t12-/m0/s1. The number of amides is 1. The van der Waals surface area contributed by atoms with Crippen LogP contribution in [-0.2, 0) is 17.8 Å². The molecule has 2 rings (SSSR count). The van der Waals surface area contributed by atoms with E-state index >= 15 is 0 Å². The summed E-state index contributed by atoms with van der Waals surface area (Å²) in [6, 6.07) is 8.67. The lowest BCUT2D eigenvalue weighted by Gasteiger charge is -2.11. The van der Waals surface area contributed by atoms with Crippen LogP contribution in [0.2, 0.25) is 0 Å². The molecule has 0 aliphatic heterocycles. The van der Waals surface area contributed by atoms with E-state index in [1.807, 2.05) is 30.3 Å². The number of rotatable bonds is 6. The van der Waals surface area contributed by atoms with Crippen molar-refractivity contribution in [3.8, 4) is 0 Å². The minimum atomic E-state index is -2.49. The number of anilines is 1.